The quantitative estimate of drug-likeness (QED) is 0.565. The van der Waals surface area contributed by atoms with Gasteiger partial charge in [0, 0.05) is 30.8 Å². The summed E-state index contributed by atoms with van der Waals surface area (Å²) in [5, 5.41) is 7.12. The minimum absolute atomic E-state index is 0.103. The van der Waals surface area contributed by atoms with Crippen LogP contribution in [0.1, 0.15) is 46.5 Å². The van der Waals surface area contributed by atoms with Gasteiger partial charge in [-0.25, -0.2) is 0 Å². The molecule has 0 atom stereocenters. The molecule has 0 fully saturated rings. The van der Waals surface area contributed by atoms with Crippen molar-refractivity contribution in [3.05, 3.63) is 53.1 Å². The number of aliphatic imine (C=N–C) groups is 1. The summed E-state index contributed by atoms with van der Waals surface area (Å²) in [6, 6.07) is 10.0. The predicted octanol–water partition coefficient (Wildman–Crippen LogP) is 3.43. The molecule has 0 radical (unpaired) electrons. The molecule has 2 aromatic rings. The van der Waals surface area contributed by atoms with E-state index in [9.17, 15) is 9.59 Å². The number of hydrogen-bond donors (Lipinski definition) is 2. The van der Waals surface area contributed by atoms with E-state index in [-0.39, 0.29) is 22.9 Å². The van der Waals surface area contributed by atoms with E-state index in [2.05, 4.69) is 4.99 Å². The first-order valence-corrected chi connectivity index (χ1v) is 9.84. The largest absolute Gasteiger partial charge is 0.487 e. The molecule has 0 bridgehead atoms. The summed E-state index contributed by atoms with van der Waals surface area (Å²) < 4.78 is 12.2. The number of rotatable bonds is 5. The van der Waals surface area contributed by atoms with Crippen molar-refractivity contribution in [2.24, 2.45) is 10.7 Å². The summed E-state index contributed by atoms with van der Waals surface area (Å²) in [6.07, 6.45) is 2.32. The van der Waals surface area contributed by atoms with Gasteiger partial charge in [0.1, 0.15) is 28.7 Å². The third-order valence-electron chi connectivity index (χ3n) is 4.89. The number of nitrogens with two attached hydrogens (primary N) is 1. The van der Waals surface area contributed by atoms with E-state index in [0.29, 0.717) is 22.8 Å². The molecular formula is C23H26N4O4. The number of hydrogen-bond acceptors (Lipinski definition) is 5. The smallest absolute Gasteiger partial charge is 0.279 e. The molecule has 1 aliphatic heterocycles. The highest BCUT2D eigenvalue weighted by atomic mass is 16.5. The number of benzene rings is 2. The van der Waals surface area contributed by atoms with Gasteiger partial charge in [0.05, 0.1) is 6.21 Å². The Morgan fingerprint density at radius 2 is 1.87 bits per heavy atom. The molecule has 2 amide bonds. The van der Waals surface area contributed by atoms with Gasteiger partial charge >= 0.3 is 0 Å². The molecule has 0 saturated heterocycles. The van der Waals surface area contributed by atoms with Gasteiger partial charge in [-0.2, -0.15) is 4.99 Å². The molecule has 0 unspecified atom stereocenters. The zero-order valence-electron chi connectivity index (χ0n) is 18.1. The van der Waals surface area contributed by atoms with Crippen LogP contribution in [0.2, 0.25) is 0 Å². The lowest BCUT2D eigenvalue weighted by Crippen LogP contribution is -2.32. The number of carbonyl (C=O) groups excluding carboxylic acids is 2. The van der Waals surface area contributed by atoms with Gasteiger partial charge in [0.15, 0.2) is 0 Å². The van der Waals surface area contributed by atoms with Crippen LogP contribution in [0, 0.1) is 5.41 Å². The Hall–Kier alpha value is -3.68. The lowest BCUT2D eigenvalue weighted by atomic mass is 9.92. The van der Waals surface area contributed by atoms with E-state index in [1.807, 2.05) is 13.8 Å². The highest BCUT2D eigenvalue weighted by Gasteiger charge is 2.30. The number of fused-ring (bicyclic) bond motifs is 1. The van der Waals surface area contributed by atoms with Crippen molar-refractivity contribution in [2.45, 2.75) is 32.3 Å². The first-order valence-electron chi connectivity index (χ1n) is 9.84. The van der Waals surface area contributed by atoms with Gasteiger partial charge in [-0.05, 0) is 63.1 Å². The van der Waals surface area contributed by atoms with Crippen molar-refractivity contribution in [2.75, 3.05) is 14.1 Å². The van der Waals surface area contributed by atoms with E-state index in [1.54, 1.807) is 50.5 Å². The topological polar surface area (TPSA) is 118 Å². The molecule has 8 heteroatoms. The number of nitrogens with one attached hydrogen (secondary N) is 1. The van der Waals surface area contributed by atoms with Crippen LogP contribution >= 0.6 is 0 Å². The van der Waals surface area contributed by atoms with Crippen molar-refractivity contribution in [3.8, 4) is 17.2 Å². The van der Waals surface area contributed by atoms with Crippen molar-refractivity contribution in [1.82, 2.24) is 4.90 Å². The summed E-state index contributed by atoms with van der Waals surface area (Å²) in [4.78, 5) is 29.8. The number of carbonyl (C=O) groups is 2. The molecule has 0 aliphatic carbocycles. The Balaban J connectivity index is 1.98. The molecule has 0 spiro atoms. The van der Waals surface area contributed by atoms with Crippen LogP contribution in [0.4, 0.5) is 0 Å². The maximum Gasteiger partial charge on any atom is 0.279 e. The first-order chi connectivity index (χ1) is 14.6. The van der Waals surface area contributed by atoms with Crippen LogP contribution < -0.4 is 15.2 Å². The minimum atomic E-state index is -0.590. The Kier molecular flexibility index (Phi) is 6.10. The Morgan fingerprint density at radius 3 is 2.48 bits per heavy atom. The van der Waals surface area contributed by atoms with Crippen molar-refractivity contribution < 1.29 is 19.1 Å². The SMILES string of the molecule is CN(C)C(=O)c1ccc(Oc2cc(C(=O)N=C(N)C=N)cc3c2CCC(C)(C)O3)cc1. The van der Waals surface area contributed by atoms with Gasteiger partial charge in [-0.1, -0.05) is 0 Å². The zero-order chi connectivity index (χ0) is 22.8. The second kappa shape index (κ2) is 8.59. The molecule has 0 aromatic heterocycles. The van der Waals surface area contributed by atoms with Gasteiger partial charge in [-0.15, -0.1) is 0 Å². The molecule has 3 N–H and O–H groups in total. The lowest BCUT2D eigenvalue weighted by Gasteiger charge is -2.33. The fraction of sp³-hybridized carbons (Fsp3) is 0.304. The molecule has 0 saturated carbocycles. The second-order valence-electron chi connectivity index (χ2n) is 8.13. The summed E-state index contributed by atoms with van der Waals surface area (Å²) in [5.41, 5.74) is 6.78. The summed E-state index contributed by atoms with van der Waals surface area (Å²) in [7, 11) is 3.38. The third kappa shape index (κ3) is 5.09. The molecule has 8 nitrogen and oxygen atoms in total. The molecule has 3 rings (SSSR count). The predicted molar refractivity (Wildman–Crippen MR) is 119 cm³/mol. The fourth-order valence-corrected chi connectivity index (χ4v) is 3.21. The summed E-state index contributed by atoms with van der Waals surface area (Å²) in [5.74, 6) is 0.676. The second-order valence-corrected chi connectivity index (χ2v) is 8.13. The zero-order valence-corrected chi connectivity index (χ0v) is 18.1. The van der Waals surface area contributed by atoms with Crippen LogP contribution in [0.3, 0.4) is 0 Å². The van der Waals surface area contributed by atoms with E-state index in [4.69, 9.17) is 20.6 Å². The highest BCUT2D eigenvalue weighted by Crippen LogP contribution is 2.41. The van der Waals surface area contributed by atoms with Crippen molar-refractivity contribution >= 4 is 23.9 Å². The van der Waals surface area contributed by atoms with Gasteiger partial charge in [-0.3, -0.25) is 9.59 Å². The average molecular weight is 422 g/mol. The van der Waals surface area contributed by atoms with E-state index in [0.717, 1.165) is 24.6 Å². The summed E-state index contributed by atoms with van der Waals surface area (Å²) in [6.45, 7) is 3.97. The van der Waals surface area contributed by atoms with Gasteiger partial charge in [0.2, 0.25) is 0 Å². The average Bonchev–Trinajstić information content (AvgIpc) is 2.72. The molecule has 31 heavy (non-hydrogen) atoms. The number of amidine groups is 1. The van der Waals surface area contributed by atoms with Crippen LogP contribution in [0.25, 0.3) is 0 Å². The fourth-order valence-electron chi connectivity index (χ4n) is 3.21. The van der Waals surface area contributed by atoms with Crippen molar-refractivity contribution in [3.63, 3.8) is 0 Å². The van der Waals surface area contributed by atoms with Crippen LogP contribution in [-0.4, -0.2) is 48.5 Å². The first kappa shape index (κ1) is 22.0. The minimum Gasteiger partial charge on any atom is -0.487 e. The summed E-state index contributed by atoms with van der Waals surface area (Å²) >= 11 is 0. The Morgan fingerprint density at radius 1 is 1.19 bits per heavy atom. The Bertz CT molecular complexity index is 1060. The van der Waals surface area contributed by atoms with Gasteiger partial charge < -0.3 is 25.5 Å². The van der Waals surface area contributed by atoms with Crippen LogP contribution in [0.5, 0.6) is 17.2 Å². The highest BCUT2D eigenvalue weighted by molar-refractivity contribution is 6.30. The molecule has 162 valence electrons. The standard InChI is InChI=1S/C23H26N4O4/c1-23(2)10-9-17-18(30-16-7-5-14(6-8-16)22(29)27(3)4)11-15(12-19(17)31-23)21(28)26-20(25)13-24/h5-8,11-13,24H,9-10H2,1-4H3,(H2,25,26,28). The van der Waals surface area contributed by atoms with Crippen LogP contribution in [0.15, 0.2) is 41.4 Å². The molecule has 1 heterocycles. The van der Waals surface area contributed by atoms with E-state index >= 15 is 0 Å². The lowest BCUT2D eigenvalue weighted by molar-refractivity contribution is 0.0826. The maximum absolute atomic E-state index is 12.5. The van der Waals surface area contributed by atoms with Crippen LogP contribution in [-0.2, 0) is 6.42 Å². The molecule has 1 aliphatic rings. The molecular weight excluding hydrogens is 396 g/mol. The van der Waals surface area contributed by atoms with Crippen molar-refractivity contribution in [1.29, 1.82) is 5.41 Å². The Labute approximate surface area is 181 Å². The number of ether oxygens (including phenoxy) is 2. The molecule has 2 aromatic carbocycles. The number of amides is 2. The normalized spacial score (nSPS) is 14.8. The monoisotopic (exact) mass is 422 g/mol. The van der Waals surface area contributed by atoms with E-state index in [1.165, 1.54) is 4.90 Å². The van der Waals surface area contributed by atoms with E-state index < -0.39 is 5.91 Å². The van der Waals surface area contributed by atoms with Gasteiger partial charge in [0.25, 0.3) is 11.8 Å². The maximum atomic E-state index is 12.5. The third-order valence-corrected chi connectivity index (χ3v) is 4.89. The number of nitrogens with zero attached hydrogens (tertiary/aromatic N) is 2.